The highest BCUT2D eigenvalue weighted by Gasteiger charge is 2.13. The van der Waals surface area contributed by atoms with Crippen LogP contribution in [0.1, 0.15) is 21.6 Å². The smallest absolute Gasteiger partial charge is 0.267 e. The molecule has 6 heteroatoms. The van der Waals surface area contributed by atoms with E-state index in [2.05, 4.69) is 26.0 Å². The minimum Gasteiger partial charge on any atom is -0.364 e. The van der Waals surface area contributed by atoms with Gasteiger partial charge in [0, 0.05) is 12.4 Å². The summed E-state index contributed by atoms with van der Waals surface area (Å²) in [6, 6.07) is 9.44. The van der Waals surface area contributed by atoms with Crippen molar-refractivity contribution < 1.29 is 4.79 Å². The van der Waals surface area contributed by atoms with Gasteiger partial charge in [0.25, 0.3) is 5.91 Å². The van der Waals surface area contributed by atoms with Crippen LogP contribution < -0.4 is 5.73 Å². The molecule has 0 aliphatic rings. The van der Waals surface area contributed by atoms with Gasteiger partial charge >= 0.3 is 0 Å². The molecule has 20 heavy (non-hydrogen) atoms. The van der Waals surface area contributed by atoms with Crippen LogP contribution in [-0.4, -0.2) is 20.5 Å². The van der Waals surface area contributed by atoms with Gasteiger partial charge in [0.15, 0.2) is 0 Å². The van der Waals surface area contributed by atoms with E-state index in [1.165, 1.54) is 0 Å². The summed E-state index contributed by atoms with van der Waals surface area (Å²) in [7, 11) is 0. The number of nitrogens with zero attached hydrogens (tertiary/aromatic N) is 3. The van der Waals surface area contributed by atoms with Crippen LogP contribution in [0.4, 0.5) is 0 Å². The zero-order valence-electron chi connectivity index (χ0n) is 10.5. The Hall–Kier alpha value is -2.21. The first-order valence-electron chi connectivity index (χ1n) is 6.01. The Morgan fingerprint density at radius 2 is 2.15 bits per heavy atom. The molecule has 0 bridgehead atoms. The Morgan fingerprint density at radius 3 is 2.90 bits per heavy atom. The fourth-order valence-electron chi connectivity index (χ4n) is 2.20. The SMILES string of the molecule is NC(=O)c1cc(Cc2ccnc(Br)c2)c2cccnn12. The van der Waals surface area contributed by atoms with Crippen molar-refractivity contribution in [2.75, 3.05) is 0 Å². The Bertz CT molecular complexity index is 797. The number of carbonyl (C=O) groups is 1. The summed E-state index contributed by atoms with van der Waals surface area (Å²) >= 11 is 3.35. The van der Waals surface area contributed by atoms with E-state index in [-0.39, 0.29) is 0 Å². The zero-order valence-corrected chi connectivity index (χ0v) is 12.0. The topological polar surface area (TPSA) is 73.3 Å². The van der Waals surface area contributed by atoms with Crippen LogP contribution in [0.2, 0.25) is 0 Å². The van der Waals surface area contributed by atoms with Crippen molar-refractivity contribution >= 4 is 27.4 Å². The zero-order chi connectivity index (χ0) is 14.1. The van der Waals surface area contributed by atoms with Gasteiger partial charge in [-0.05, 0) is 63.8 Å². The van der Waals surface area contributed by atoms with E-state index in [0.717, 1.165) is 21.2 Å². The number of nitrogens with two attached hydrogens (primary N) is 1. The van der Waals surface area contributed by atoms with Crippen molar-refractivity contribution in [2.45, 2.75) is 6.42 Å². The molecule has 1 amide bonds. The molecular weight excluding hydrogens is 320 g/mol. The monoisotopic (exact) mass is 330 g/mol. The first kappa shape index (κ1) is 12.8. The number of primary amides is 1. The van der Waals surface area contributed by atoms with Crippen molar-refractivity contribution in [3.8, 4) is 0 Å². The van der Waals surface area contributed by atoms with Crippen molar-refractivity contribution in [3.05, 3.63) is 64.1 Å². The maximum Gasteiger partial charge on any atom is 0.267 e. The number of amides is 1. The summed E-state index contributed by atoms with van der Waals surface area (Å²) < 4.78 is 2.36. The van der Waals surface area contributed by atoms with Crippen LogP contribution >= 0.6 is 15.9 Å². The number of pyridine rings is 1. The van der Waals surface area contributed by atoms with Crippen LogP contribution in [0.25, 0.3) is 5.52 Å². The molecule has 0 saturated carbocycles. The maximum atomic E-state index is 11.5. The van der Waals surface area contributed by atoms with Crippen LogP contribution in [0.3, 0.4) is 0 Å². The predicted molar refractivity (Wildman–Crippen MR) is 78.5 cm³/mol. The molecule has 0 aliphatic carbocycles. The lowest BCUT2D eigenvalue weighted by molar-refractivity contribution is 0.0993. The van der Waals surface area contributed by atoms with Crippen LogP contribution in [0, 0.1) is 0 Å². The molecule has 0 spiro atoms. The highest BCUT2D eigenvalue weighted by molar-refractivity contribution is 9.10. The summed E-state index contributed by atoms with van der Waals surface area (Å²) in [5, 5.41) is 4.18. The molecule has 3 aromatic rings. The second-order valence-corrected chi connectivity index (χ2v) is 5.22. The van der Waals surface area contributed by atoms with Crippen LogP contribution in [0.15, 0.2) is 47.3 Å². The lowest BCUT2D eigenvalue weighted by atomic mass is 10.1. The first-order valence-corrected chi connectivity index (χ1v) is 6.80. The molecule has 3 heterocycles. The third kappa shape index (κ3) is 2.30. The third-order valence-electron chi connectivity index (χ3n) is 3.06. The quantitative estimate of drug-likeness (QED) is 0.748. The van der Waals surface area contributed by atoms with Gasteiger partial charge in [0.2, 0.25) is 0 Å². The molecule has 0 unspecified atom stereocenters. The van der Waals surface area contributed by atoms with Crippen molar-refractivity contribution in [3.63, 3.8) is 0 Å². The summed E-state index contributed by atoms with van der Waals surface area (Å²) in [6.45, 7) is 0. The molecule has 100 valence electrons. The average molecular weight is 331 g/mol. The van der Waals surface area contributed by atoms with E-state index < -0.39 is 5.91 Å². The first-order chi connectivity index (χ1) is 9.65. The highest BCUT2D eigenvalue weighted by Crippen LogP contribution is 2.20. The van der Waals surface area contributed by atoms with Gasteiger partial charge < -0.3 is 5.73 Å². The normalized spacial score (nSPS) is 10.8. The number of hydrogen-bond acceptors (Lipinski definition) is 3. The second-order valence-electron chi connectivity index (χ2n) is 4.40. The number of fused-ring (bicyclic) bond motifs is 1. The Morgan fingerprint density at radius 1 is 1.30 bits per heavy atom. The van der Waals surface area contributed by atoms with Crippen molar-refractivity contribution in [2.24, 2.45) is 5.73 Å². The van der Waals surface area contributed by atoms with Gasteiger partial charge in [-0.15, -0.1) is 0 Å². The van der Waals surface area contributed by atoms with E-state index >= 15 is 0 Å². The van der Waals surface area contributed by atoms with Crippen LogP contribution in [0.5, 0.6) is 0 Å². The summed E-state index contributed by atoms with van der Waals surface area (Å²) in [6.07, 6.45) is 4.06. The number of hydrogen-bond donors (Lipinski definition) is 1. The molecule has 0 radical (unpaired) electrons. The molecule has 0 atom stereocenters. The largest absolute Gasteiger partial charge is 0.364 e. The average Bonchev–Trinajstić information content (AvgIpc) is 2.78. The standard InChI is InChI=1S/C14H11BrN4O/c15-13-7-9(3-5-17-13)6-10-8-12(14(16)20)19-11(10)2-1-4-18-19/h1-5,7-8H,6H2,(H2,16,20). The van der Waals surface area contributed by atoms with E-state index in [1.807, 2.05) is 24.3 Å². The molecule has 3 rings (SSSR count). The minimum absolute atomic E-state index is 0.392. The van der Waals surface area contributed by atoms with Crippen molar-refractivity contribution in [1.29, 1.82) is 0 Å². The van der Waals surface area contributed by atoms with Crippen molar-refractivity contribution in [1.82, 2.24) is 14.6 Å². The molecule has 0 saturated heterocycles. The minimum atomic E-state index is -0.485. The highest BCUT2D eigenvalue weighted by atomic mass is 79.9. The fraction of sp³-hybridized carbons (Fsp3) is 0.0714. The van der Waals surface area contributed by atoms with Gasteiger partial charge in [-0.1, -0.05) is 0 Å². The Balaban J connectivity index is 2.10. The van der Waals surface area contributed by atoms with Gasteiger partial charge in [0.1, 0.15) is 10.3 Å². The molecule has 2 N–H and O–H groups in total. The molecule has 0 fully saturated rings. The van der Waals surface area contributed by atoms with Crippen LogP contribution in [-0.2, 0) is 6.42 Å². The number of carbonyl (C=O) groups excluding carboxylic acids is 1. The van der Waals surface area contributed by atoms with E-state index in [0.29, 0.717) is 12.1 Å². The molecule has 5 nitrogen and oxygen atoms in total. The van der Waals surface area contributed by atoms with E-state index in [9.17, 15) is 4.79 Å². The van der Waals surface area contributed by atoms with Gasteiger partial charge in [-0.2, -0.15) is 5.10 Å². The van der Waals surface area contributed by atoms with Gasteiger partial charge in [0.05, 0.1) is 5.52 Å². The third-order valence-corrected chi connectivity index (χ3v) is 3.49. The number of halogens is 1. The van der Waals surface area contributed by atoms with E-state index in [1.54, 1.807) is 23.0 Å². The molecular formula is C14H11BrN4O. The van der Waals surface area contributed by atoms with E-state index in [4.69, 9.17) is 5.73 Å². The fourth-order valence-corrected chi connectivity index (χ4v) is 2.61. The lowest BCUT2D eigenvalue weighted by Gasteiger charge is -2.01. The summed E-state index contributed by atoms with van der Waals surface area (Å²) in [4.78, 5) is 15.6. The lowest BCUT2D eigenvalue weighted by Crippen LogP contribution is -2.14. The predicted octanol–water partition coefficient (Wildman–Crippen LogP) is 2.18. The van der Waals surface area contributed by atoms with Gasteiger partial charge in [-0.25, -0.2) is 9.50 Å². The number of rotatable bonds is 3. The van der Waals surface area contributed by atoms with Gasteiger partial charge in [-0.3, -0.25) is 4.79 Å². The maximum absolute atomic E-state index is 11.5. The molecule has 3 aromatic heterocycles. The molecule has 0 aliphatic heterocycles. The molecule has 0 aromatic carbocycles. The number of aromatic nitrogens is 3. The Kier molecular flexibility index (Phi) is 3.23. The Labute approximate surface area is 123 Å². The summed E-state index contributed by atoms with van der Waals surface area (Å²) in [5.74, 6) is -0.485. The summed E-state index contributed by atoms with van der Waals surface area (Å²) in [5.41, 5.74) is 8.77. The second kappa shape index (κ2) is 5.05.